The summed E-state index contributed by atoms with van der Waals surface area (Å²) in [6.45, 7) is 0. The Morgan fingerprint density at radius 1 is 0.970 bits per heavy atom. The van der Waals surface area contributed by atoms with Gasteiger partial charge in [-0.3, -0.25) is 9.59 Å². The average molecular weight is 529 g/mol. The molecule has 1 aliphatic heterocycles. The van der Waals surface area contributed by atoms with Crippen molar-refractivity contribution in [2.45, 2.75) is 12.2 Å². The second kappa shape index (κ2) is 8.22. The number of anilines is 1. The minimum absolute atomic E-state index is 0.0311. The minimum Gasteiger partial charge on any atom is -0.341 e. The second-order valence-electron chi connectivity index (χ2n) is 7.17. The summed E-state index contributed by atoms with van der Waals surface area (Å²) >= 11 is 3.17. The Labute approximate surface area is 190 Å². The molecule has 33 heavy (non-hydrogen) atoms. The van der Waals surface area contributed by atoms with Crippen LogP contribution in [-0.2, 0) is 6.18 Å². The zero-order chi connectivity index (χ0) is 24.1. The first-order valence-corrected chi connectivity index (χ1v) is 10.0. The molecule has 2 amide bonds. The lowest BCUT2D eigenvalue weighted by Crippen LogP contribution is -2.22. The van der Waals surface area contributed by atoms with Crippen LogP contribution in [0.3, 0.4) is 0 Å². The van der Waals surface area contributed by atoms with Crippen LogP contribution in [0.1, 0.15) is 43.4 Å². The fraction of sp³-hybridized carbons (Fsp3) is 0.0909. The van der Waals surface area contributed by atoms with Crippen molar-refractivity contribution in [3.05, 3.63) is 98.3 Å². The van der Waals surface area contributed by atoms with Gasteiger partial charge in [-0.25, -0.2) is 13.2 Å². The molecule has 0 aliphatic carbocycles. The van der Waals surface area contributed by atoms with Crippen molar-refractivity contribution in [2.75, 3.05) is 5.32 Å². The summed E-state index contributed by atoms with van der Waals surface area (Å²) in [5.74, 6) is -4.60. The molecule has 170 valence electrons. The highest BCUT2D eigenvalue weighted by atomic mass is 79.9. The maximum absolute atomic E-state index is 14.4. The third-order valence-corrected chi connectivity index (χ3v) is 5.42. The SMILES string of the molecule is O=C(Nc1cc(Br)cc2c1[C@H](c1cc(F)ccc1F)NC2=O)c1cc(F)cc(C(F)(F)F)c1. The van der Waals surface area contributed by atoms with E-state index in [4.69, 9.17) is 0 Å². The molecular formula is C22H11BrF6N2O2. The molecule has 0 radical (unpaired) electrons. The molecule has 0 bridgehead atoms. The number of carbonyl (C=O) groups is 2. The van der Waals surface area contributed by atoms with Gasteiger partial charge in [-0.2, -0.15) is 13.2 Å². The molecule has 0 fully saturated rings. The van der Waals surface area contributed by atoms with Gasteiger partial charge >= 0.3 is 6.18 Å². The molecule has 2 N–H and O–H groups in total. The predicted molar refractivity (Wildman–Crippen MR) is 109 cm³/mol. The topological polar surface area (TPSA) is 58.2 Å². The number of alkyl halides is 3. The van der Waals surface area contributed by atoms with E-state index in [2.05, 4.69) is 26.6 Å². The van der Waals surface area contributed by atoms with Gasteiger partial charge in [-0.05, 0) is 48.5 Å². The summed E-state index contributed by atoms with van der Waals surface area (Å²) in [7, 11) is 0. The number of benzene rings is 3. The Bertz CT molecular complexity index is 1310. The van der Waals surface area contributed by atoms with Gasteiger partial charge in [0, 0.05) is 32.4 Å². The number of hydrogen-bond acceptors (Lipinski definition) is 2. The number of amides is 2. The lowest BCUT2D eigenvalue weighted by atomic mass is 9.95. The number of carbonyl (C=O) groups excluding carboxylic acids is 2. The van der Waals surface area contributed by atoms with Crippen LogP contribution in [0.5, 0.6) is 0 Å². The molecule has 1 atom stereocenters. The van der Waals surface area contributed by atoms with Gasteiger partial charge < -0.3 is 10.6 Å². The maximum atomic E-state index is 14.4. The van der Waals surface area contributed by atoms with E-state index in [0.29, 0.717) is 16.6 Å². The lowest BCUT2D eigenvalue weighted by Gasteiger charge is -2.18. The standard InChI is InChI=1S/C22H11BrF6N2O2/c23-11-6-15-18(19(31-21(15)33)14-8-12(24)1-2-16(14)26)17(7-11)30-20(32)9-3-10(22(27,28)29)5-13(25)4-9/h1-8,19H,(H,30,32)(H,31,33)/t19-/m0/s1. The van der Waals surface area contributed by atoms with E-state index in [-0.39, 0.29) is 28.4 Å². The van der Waals surface area contributed by atoms with E-state index >= 15 is 0 Å². The molecule has 3 aromatic carbocycles. The Balaban J connectivity index is 1.79. The van der Waals surface area contributed by atoms with Crippen LogP contribution in [0.25, 0.3) is 0 Å². The average Bonchev–Trinajstić information content (AvgIpc) is 3.05. The number of rotatable bonds is 3. The first-order chi connectivity index (χ1) is 15.4. The lowest BCUT2D eigenvalue weighted by molar-refractivity contribution is -0.137. The predicted octanol–water partition coefficient (Wildman–Crippen LogP) is 5.97. The van der Waals surface area contributed by atoms with Crippen molar-refractivity contribution in [3.8, 4) is 0 Å². The third-order valence-electron chi connectivity index (χ3n) is 4.96. The number of hydrogen-bond donors (Lipinski definition) is 2. The Hall–Kier alpha value is -3.34. The highest BCUT2D eigenvalue weighted by Gasteiger charge is 2.36. The first-order valence-electron chi connectivity index (χ1n) is 9.22. The highest BCUT2D eigenvalue weighted by molar-refractivity contribution is 9.10. The maximum Gasteiger partial charge on any atom is 0.416 e. The summed E-state index contributed by atoms with van der Waals surface area (Å²) < 4.78 is 81.3. The zero-order valence-electron chi connectivity index (χ0n) is 16.2. The van der Waals surface area contributed by atoms with Crippen molar-refractivity contribution in [1.82, 2.24) is 5.32 Å². The summed E-state index contributed by atoms with van der Waals surface area (Å²) in [6.07, 6.45) is -4.88. The number of nitrogens with one attached hydrogen (secondary N) is 2. The molecule has 3 aromatic rings. The summed E-state index contributed by atoms with van der Waals surface area (Å²) in [6, 6.07) is 5.53. The van der Waals surface area contributed by atoms with Gasteiger partial charge in [0.2, 0.25) is 0 Å². The Morgan fingerprint density at radius 2 is 1.70 bits per heavy atom. The zero-order valence-corrected chi connectivity index (χ0v) is 17.7. The molecule has 0 saturated heterocycles. The fourth-order valence-corrected chi connectivity index (χ4v) is 4.01. The fourth-order valence-electron chi connectivity index (χ4n) is 3.55. The Kier molecular flexibility index (Phi) is 5.69. The molecule has 0 unspecified atom stereocenters. The Morgan fingerprint density at radius 3 is 2.39 bits per heavy atom. The van der Waals surface area contributed by atoms with Gasteiger partial charge in [-0.1, -0.05) is 15.9 Å². The van der Waals surface area contributed by atoms with Gasteiger partial charge in [0.15, 0.2) is 0 Å². The van der Waals surface area contributed by atoms with Gasteiger partial charge in [0.25, 0.3) is 11.8 Å². The van der Waals surface area contributed by atoms with E-state index in [9.17, 15) is 35.9 Å². The van der Waals surface area contributed by atoms with Crippen LogP contribution >= 0.6 is 15.9 Å². The van der Waals surface area contributed by atoms with Crippen molar-refractivity contribution < 1.29 is 35.9 Å². The van der Waals surface area contributed by atoms with Gasteiger partial charge in [-0.15, -0.1) is 0 Å². The summed E-state index contributed by atoms with van der Waals surface area (Å²) in [5.41, 5.74) is -2.15. The van der Waals surface area contributed by atoms with Crippen LogP contribution in [0.4, 0.5) is 32.0 Å². The molecule has 1 aliphatic rings. The second-order valence-corrected chi connectivity index (χ2v) is 8.08. The number of fused-ring (bicyclic) bond motifs is 1. The van der Waals surface area contributed by atoms with Crippen molar-refractivity contribution in [1.29, 1.82) is 0 Å². The highest BCUT2D eigenvalue weighted by Crippen LogP contribution is 2.40. The van der Waals surface area contributed by atoms with Crippen LogP contribution in [0.15, 0.2) is 53.0 Å². The smallest absolute Gasteiger partial charge is 0.341 e. The van der Waals surface area contributed by atoms with Crippen LogP contribution in [0.2, 0.25) is 0 Å². The van der Waals surface area contributed by atoms with Gasteiger partial charge in [0.1, 0.15) is 17.5 Å². The molecule has 4 nitrogen and oxygen atoms in total. The van der Waals surface area contributed by atoms with E-state index in [1.807, 2.05) is 0 Å². The van der Waals surface area contributed by atoms with Crippen molar-refractivity contribution >= 4 is 33.4 Å². The van der Waals surface area contributed by atoms with E-state index in [0.717, 1.165) is 18.2 Å². The molecule has 0 spiro atoms. The molecule has 11 heteroatoms. The van der Waals surface area contributed by atoms with Crippen LogP contribution in [-0.4, -0.2) is 11.8 Å². The van der Waals surface area contributed by atoms with Crippen LogP contribution in [0, 0.1) is 17.5 Å². The molecule has 1 heterocycles. The quantitative estimate of drug-likeness (QED) is 0.411. The van der Waals surface area contributed by atoms with Crippen molar-refractivity contribution in [2.24, 2.45) is 0 Å². The summed E-state index contributed by atoms with van der Waals surface area (Å²) in [5, 5.41) is 4.84. The monoisotopic (exact) mass is 528 g/mol. The van der Waals surface area contributed by atoms with E-state index < -0.39 is 52.6 Å². The largest absolute Gasteiger partial charge is 0.416 e. The number of halogens is 7. The molecule has 4 rings (SSSR count). The first kappa shape index (κ1) is 22.8. The van der Waals surface area contributed by atoms with Crippen molar-refractivity contribution in [3.63, 3.8) is 0 Å². The third kappa shape index (κ3) is 4.45. The molecule has 0 saturated carbocycles. The van der Waals surface area contributed by atoms with E-state index in [1.165, 1.54) is 12.1 Å². The molecular weight excluding hydrogens is 518 g/mol. The van der Waals surface area contributed by atoms with Gasteiger partial charge in [0.05, 0.1) is 11.6 Å². The normalized spacial score (nSPS) is 15.2. The van der Waals surface area contributed by atoms with E-state index in [1.54, 1.807) is 0 Å². The van der Waals surface area contributed by atoms with Crippen LogP contribution < -0.4 is 10.6 Å². The minimum atomic E-state index is -4.88. The summed E-state index contributed by atoms with van der Waals surface area (Å²) in [4.78, 5) is 25.2. The molecule has 0 aromatic heterocycles.